The van der Waals surface area contributed by atoms with Gasteiger partial charge in [-0.15, -0.1) is 0 Å². The maximum Gasteiger partial charge on any atom is 0.308 e. The summed E-state index contributed by atoms with van der Waals surface area (Å²) >= 11 is 0. The number of aromatic amines is 1. The summed E-state index contributed by atoms with van der Waals surface area (Å²) in [4.78, 5) is 18.7. The van der Waals surface area contributed by atoms with Gasteiger partial charge in [0, 0.05) is 29.7 Å². The fraction of sp³-hybridized carbons (Fsp3) is 0.571. The Labute approximate surface area is 148 Å². The molecule has 4 nitrogen and oxygen atoms in total. The van der Waals surface area contributed by atoms with E-state index < -0.39 is 0 Å². The van der Waals surface area contributed by atoms with E-state index in [1.54, 1.807) is 0 Å². The van der Waals surface area contributed by atoms with Crippen molar-refractivity contribution in [3.63, 3.8) is 0 Å². The highest BCUT2D eigenvalue weighted by Crippen LogP contribution is 2.49. The average molecular weight is 338 g/mol. The lowest BCUT2D eigenvalue weighted by Gasteiger charge is -2.49. The Morgan fingerprint density at radius 2 is 2.16 bits per heavy atom. The maximum atomic E-state index is 12.3. The number of fused-ring (bicyclic) bond motifs is 6. The van der Waals surface area contributed by atoms with Gasteiger partial charge in [0.2, 0.25) is 0 Å². The van der Waals surface area contributed by atoms with Gasteiger partial charge in [-0.25, -0.2) is 0 Å². The molecule has 1 N–H and O–H groups in total. The quantitative estimate of drug-likeness (QED) is 0.807. The summed E-state index contributed by atoms with van der Waals surface area (Å²) in [7, 11) is 1.54. The molecule has 1 saturated heterocycles. The van der Waals surface area contributed by atoms with Gasteiger partial charge in [0.05, 0.1) is 19.1 Å². The van der Waals surface area contributed by atoms with E-state index in [2.05, 4.69) is 34.1 Å². The SMILES string of the molecule is COC(=O)[C@@H]1CCC[C@@H]2CN3CCc4c([nH]c5ccccc45)[C@@H]3C[C@@H]21. The first-order chi connectivity index (χ1) is 12.3. The molecule has 4 heteroatoms. The lowest BCUT2D eigenvalue weighted by atomic mass is 9.66. The topological polar surface area (TPSA) is 45.3 Å². The Morgan fingerprint density at radius 3 is 3.04 bits per heavy atom. The molecule has 1 aliphatic carbocycles. The fourth-order valence-corrected chi connectivity index (χ4v) is 5.80. The standard InChI is InChI=1S/C21H26N2O2/c1-25-21(24)16-7-4-5-13-12-23-10-9-15-14-6-2-3-8-18(14)22-20(15)19(23)11-17(13)16/h2-3,6,8,13,16-17,19,22H,4-5,7,9-12H2,1H3/t13-,16-,17+,19+/m1/s1. The summed E-state index contributed by atoms with van der Waals surface area (Å²) < 4.78 is 5.13. The number of rotatable bonds is 1. The van der Waals surface area contributed by atoms with Crippen molar-refractivity contribution in [3.8, 4) is 0 Å². The van der Waals surface area contributed by atoms with Crippen molar-refractivity contribution >= 4 is 16.9 Å². The van der Waals surface area contributed by atoms with Crippen molar-refractivity contribution in [2.45, 2.75) is 38.1 Å². The van der Waals surface area contributed by atoms with E-state index in [1.165, 1.54) is 35.7 Å². The monoisotopic (exact) mass is 338 g/mol. The van der Waals surface area contributed by atoms with Gasteiger partial charge in [-0.05, 0) is 49.1 Å². The smallest absolute Gasteiger partial charge is 0.308 e. The Morgan fingerprint density at radius 1 is 1.28 bits per heavy atom. The fourth-order valence-electron chi connectivity index (χ4n) is 5.80. The third-order valence-corrected chi connectivity index (χ3v) is 6.95. The first-order valence-electron chi connectivity index (χ1n) is 9.67. The summed E-state index contributed by atoms with van der Waals surface area (Å²) in [5, 5.41) is 1.38. The Balaban J connectivity index is 1.51. The van der Waals surface area contributed by atoms with Crippen molar-refractivity contribution in [1.29, 1.82) is 0 Å². The third-order valence-electron chi connectivity index (χ3n) is 6.95. The molecule has 0 spiro atoms. The van der Waals surface area contributed by atoms with Crippen LogP contribution in [0.2, 0.25) is 0 Å². The Kier molecular flexibility index (Phi) is 3.63. The number of benzene rings is 1. The second-order valence-corrected chi connectivity index (χ2v) is 8.04. The molecule has 4 atom stereocenters. The Bertz CT molecular complexity index is 811. The van der Waals surface area contributed by atoms with Crippen LogP contribution in [0.4, 0.5) is 0 Å². The van der Waals surface area contributed by atoms with E-state index >= 15 is 0 Å². The van der Waals surface area contributed by atoms with Crippen LogP contribution < -0.4 is 0 Å². The molecule has 0 unspecified atom stereocenters. The van der Waals surface area contributed by atoms with Crippen LogP contribution in [0.5, 0.6) is 0 Å². The molecule has 2 aromatic rings. The van der Waals surface area contributed by atoms with Gasteiger partial charge in [-0.2, -0.15) is 0 Å². The van der Waals surface area contributed by atoms with Gasteiger partial charge >= 0.3 is 5.97 Å². The molecule has 5 rings (SSSR count). The zero-order valence-corrected chi connectivity index (χ0v) is 14.8. The number of nitrogens with zero attached hydrogens (tertiary/aromatic N) is 1. The minimum Gasteiger partial charge on any atom is -0.469 e. The van der Waals surface area contributed by atoms with Gasteiger partial charge in [0.1, 0.15) is 0 Å². The molecule has 1 aromatic heterocycles. The van der Waals surface area contributed by atoms with Crippen molar-refractivity contribution in [1.82, 2.24) is 9.88 Å². The number of aromatic nitrogens is 1. The molecular formula is C21H26N2O2. The van der Waals surface area contributed by atoms with Crippen LogP contribution in [0.3, 0.4) is 0 Å². The van der Waals surface area contributed by atoms with E-state index in [4.69, 9.17) is 4.74 Å². The van der Waals surface area contributed by atoms with Crippen LogP contribution >= 0.6 is 0 Å². The third kappa shape index (κ3) is 2.34. The minimum atomic E-state index is 0.0100. The van der Waals surface area contributed by atoms with Crippen molar-refractivity contribution < 1.29 is 9.53 Å². The number of hydrogen-bond acceptors (Lipinski definition) is 3. The van der Waals surface area contributed by atoms with Gasteiger partial charge < -0.3 is 9.72 Å². The number of carbonyl (C=O) groups is 1. The number of methoxy groups -OCH3 is 1. The summed E-state index contributed by atoms with van der Waals surface area (Å²) in [6.45, 7) is 2.28. The van der Waals surface area contributed by atoms with Crippen LogP contribution in [0.1, 0.15) is 43.0 Å². The largest absolute Gasteiger partial charge is 0.469 e. The normalized spacial score (nSPS) is 31.9. The van der Waals surface area contributed by atoms with Crippen LogP contribution in [-0.4, -0.2) is 36.1 Å². The average Bonchev–Trinajstić information content (AvgIpc) is 3.04. The van der Waals surface area contributed by atoms with Gasteiger partial charge in [0.15, 0.2) is 0 Å². The number of H-pyrrole nitrogens is 1. The molecule has 3 heterocycles. The molecule has 0 bridgehead atoms. The lowest BCUT2D eigenvalue weighted by Crippen LogP contribution is -2.50. The van der Waals surface area contributed by atoms with Crippen LogP contribution in [0, 0.1) is 17.8 Å². The number of esters is 1. The first-order valence-corrected chi connectivity index (χ1v) is 9.67. The van der Waals surface area contributed by atoms with Gasteiger partial charge in [0.25, 0.3) is 0 Å². The van der Waals surface area contributed by atoms with E-state index in [0.717, 1.165) is 38.8 Å². The summed E-state index contributed by atoms with van der Waals surface area (Å²) in [5.74, 6) is 1.23. The highest BCUT2D eigenvalue weighted by molar-refractivity contribution is 5.85. The molecular weight excluding hydrogens is 312 g/mol. The van der Waals surface area contributed by atoms with Crippen LogP contribution in [0.25, 0.3) is 10.9 Å². The summed E-state index contributed by atoms with van der Waals surface area (Å²) in [6.07, 6.45) is 5.65. The zero-order valence-electron chi connectivity index (χ0n) is 14.8. The lowest BCUT2D eigenvalue weighted by molar-refractivity contribution is -0.152. The summed E-state index contributed by atoms with van der Waals surface area (Å²) in [6, 6.07) is 9.09. The molecule has 3 aliphatic rings. The second kappa shape index (κ2) is 5.87. The highest BCUT2D eigenvalue weighted by Gasteiger charge is 2.46. The van der Waals surface area contributed by atoms with Crippen LogP contribution in [-0.2, 0) is 16.0 Å². The van der Waals surface area contributed by atoms with Crippen molar-refractivity contribution in [2.24, 2.45) is 17.8 Å². The van der Waals surface area contributed by atoms with E-state index in [9.17, 15) is 4.79 Å². The molecule has 1 aromatic carbocycles. The minimum absolute atomic E-state index is 0.0100. The molecule has 0 amide bonds. The first kappa shape index (κ1) is 15.4. The number of para-hydroxylation sites is 1. The molecule has 2 aliphatic heterocycles. The number of piperidine rings is 1. The number of carbonyl (C=O) groups excluding carboxylic acids is 1. The molecule has 1 saturated carbocycles. The maximum absolute atomic E-state index is 12.3. The van der Waals surface area contributed by atoms with E-state index in [1.807, 2.05) is 0 Å². The van der Waals surface area contributed by atoms with Gasteiger partial charge in [-0.1, -0.05) is 24.6 Å². The van der Waals surface area contributed by atoms with E-state index in [-0.39, 0.29) is 11.9 Å². The van der Waals surface area contributed by atoms with Gasteiger partial charge in [-0.3, -0.25) is 9.69 Å². The zero-order chi connectivity index (χ0) is 17.0. The molecule has 0 radical (unpaired) electrons. The number of ether oxygens (including phenoxy) is 1. The van der Waals surface area contributed by atoms with E-state index in [0.29, 0.717) is 17.9 Å². The molecule has 25 heavy (non-hydrogen) atoms. The number of nitrogens with one attached hydrogen (secondary N) is 1. The predicted molar refractivity (Wildman–Crippen MR) is 97.3 cm³/mol. The van der Waals surface area contributed by atoms with Crippen LogP contribution in [0.15, 0.2) is 24.3 Å². The molecule has 132 valence electrons. The van der Waals surface area contributed by atoms with Crippen molar-refractivity contribution in [2.75, 3.05) is 20.2 Å². The number of hydrogen-bond donors (Lipinski definition) is 1. The summed E-state index contributed by atoms with van der Waals surface area (Å²) in [5.41, 5.74) is 4.16. The molecule has 2 fully saturated rings. The highest BCUT2D eigenvalue weighted by atomic mass is 16.5. The predicted octanol–water partition coefficient (Wildman–Crippen LogP) is 3.68. The Hall–Kier alpha value is -1.81. The van der Waals surface area contributed by atoms with Crippen molar-refractivity contribution in [3.05, 3.63) is 35.5 Å². The second-order valence-electron chi connectivity index (χ2n) is 8.04.